The van der Waals surface area contributed by atoms with E-state index in [1.54, 1.807) is 32.9 Å². The van der Waals surface area contributed by atoms with Crippen LogP contribution < -0.4 is 4.74 Å². The van der Waals surface area contributed by atoms with Crippen molar-refractivity contribution in [2.24, 2.45) is 4.40 Å². The number of carbonyl (C=O) groups excluding carboxylic acids is 1. The summed E-state index contributed by atoms with van der Waals surface area (Å²) in [4.78, 5) is 15.7. The molecule has 1 heterocycles. The van der Waals surface area contributed by atoms with E-state index in [-0.39, 0.29) is 23.4 Å². The largest absolute Gasteiger partial charge is 0.591 e. The fourth-order valence-electron chi connectivity index (χ4n) is 2.44. The number of phenolic OH excluding ortho intramolecular Hbond substituents is 1. The minimum atomic E-state index is -1.61. The molecule has 2 atom stereocenters. The lowest BCUT2D eigenvalue weighted by Gasteiger charge is -2.20. The van der Waals surface area contributed by atoms with Crippen molar-refractivity contribution in [3.63, 3.8) is 0 Å². The molecule has 0 fully saturated rings. The fraction of sp³-hybridized carbons (Fsp3) is 0.381. The quantitative estimate of drug-likeness (QED) is 0.390. The third-order valence-electron chi connectivity index (χ3n) is 4.17. The number of phenols is 1. The molecule has 0 saturated heterocycles. The Kier molecular flexibility index (Phi) is 7.83. The molecule has 2 rings (SSSR count). The number of nitrogens with zero attached hydrogens (tertiary/aromatic N) is 2. The number of aromatic hydroxyl groups is 1. The number of rotatable bonds is 7. The SMILES string of the molecule is COC(=O)c1ccc(C(O)C/C(=N\[S@@+]([O-])C(C)(C)C)c2ccc(OC)cc2O)nc1. The average Bonchev–Trinajstić information content (AvgIpc) is 2.71. The highest BCUT2D eigenvalue weighted by atomic mass is 32.2. The highest BCUT2D eigenvalue weighted by molar-refractivity contribution is 7.91. The number of hydrogen-bond acceptors (Lipinski definition) is 8. The molecular formula is C21H26N2O6S. The van der Waals surface area contributed by atoms with Gasteiger partial charge in [-0.3, -0.25) is 4.98 Å². The van der Waals surface area contributed by atoms with Crippen LogP contribution in [0.2, 0.25) is 0 Å². The molecule has 1 aromatic heterocycles. The van der Waals surface area contributed by atoms with Gasteiger partial charge in [0.2, 0.25) is 0 Å². The number of ether oxygens (including phenoxy) is 2. The molecule has 0 aliphatic carbocycles. The van der Waals surface area contributed by atoms with Gasteiger partial charge in [0.25, 0.3) is 0 Å². The maximum absolute atomic E-state index is 12.6. The highest BCUT2D eigenvalue weighted by Gasteiger charge is 2.29. The Hall–Kier alpha value is -2.62. The van der Waals surface area contributed by atoms with Crippen LogP contribution in [0, 0.1) is 0 Å². The van der Waals surface area contributed by atoms with Gasteiger partial charge in [-0.05, 0) is 45.0 Å². The number of aliphatic hydroxyl groups excluding tert-OH is 1. The van der Waals surface area contributed by atoms with Gasteiger partial charge in [-0.25, -0.2) is 4.79 Å². The van der Waals surface area contributed by atoms with Crippen molar-refractivity contribution in [2.75, 3.05) is 14.2 Å². The summed E-state index contributed by atoms with van der Waals surface area (Å²) < 4.78 is 26.0. The van der Waals surface area contributed by atoms with Crippen molar-refractivity contribution in [1.29, 1.82) is 0 Å². The first kappa shape index (κ1) is 23.7. The van der Waals surface area contributed by atoms with E-state index < -0.39 is 28.2 Å². The second-order valence-electron chi connectivity index (χ2n) is 7.47. The number of pyridine rings is 1. The van der Waals surface area contributed by atoms with E-state index in [4.69, 9.17) is 4.74 Å². The number of esters is 1. The van der Waals surface area contributed by atoms with E-state index in [9.17, 15) is 19.6 Å². The van der Waals surface area contributed by atoms with Crippen LogP contribution >= 0.6 is 0 Å². The fourth-order valence-corrected chi connectivity index (χ4v) is 3.09. The van der Waals surface area contributed by atoms with E-state index in [0.717, 1.165) is 0 Å². The van der Waals surface area contributed by atoms with Gasteiger partial charge in [-0.2, -0.15) is 0 Å². The van der Waals surface area contributed by atoms with E-state index in [1.807, 2.05) is 0 Å². The van der Waals surface area contributed by atoms with Gasteiger partial charge in [0.1, 0.15) is 39.4 Å². The van der Waals surface area contributed by atoms with Crippen LogP contribution in [-0.4, -0.2) is 50.4 Å². The second kappa shape index (κ2) is 9.92. The van der Waals surface area contributed by atoms with Gasteiger partial charge in [0, 0.05) is 24.2 Å². The number of aromatic nitrogens is 1. The van der Waals surface area contributed by atoms with E-state index in [0.29, 0.717) is 17.0 Å². The summed E-state index contributed by atoms with van der Waals surface area (Å²) in [5, 5.41) is 21.1. The zero-order valence-corrected chi connectivity index (χ0v) is 18.4. The van der Waals surface area contributed by atoms with Gasteiger partial charge in [0.05, 0.1) is 25.5 Å². The number of hydrogen-bond donors (Lipinski definition) is 2. The average molecular weight is 435 g/mol. The van der Waals surface area contributed by atoms with Crippen molar-refractivity contribution in [3.05, 3.63) is 53.3 Å². The van der Waals surface area contributed by atoms with E-state index in [1.165, 1.54) is 38.6 Å². The molecule has 1 unspecified atom stereocenters. The van der Waals surface area contributed by atoms with Crippen molar-refractivity contribution in [2.45, 2.75) is 38.0 Å². The predicted octanol–water partition coefficient (Wildman–Crippen LogP) is 2.96. The molecule has 2 aromatic rings. The Bertz CT molecular complexity index is 909. The highest BCUT2D eigenvalue weighted by Crippen LogP contribution is 2.29. The Morgan fingerprint density at radius 2 is 1.97 bits per heavy atom. The normalized spacial score (nSPS) is 14.2. The Labute approximate surface area is 178 Å². The standard InChI is InChI=1S/C21H26N2O6S/c1-21(2,3)30(27)23-17(15-8-7-14(28-4)10-18(15)24)11-19(25)16-9-6-13(12-22-16)20(26)29-5/h6-10,12,19,24-25H,11H2,1-5H3/b23-17+/t19?,30-/m0/s1. The molecule has 0 spiro atoms. The molecule has 0 aliphatic rings. The monoisotopic (exact) mass is 434 g/mol. The van der Waals surface area contributed by atoms with Crippen molar-refractivity contribution in [3.8, 4) is 11.5 Å². The zero-order chi connectivity index (χ0) is 22.5. The predicted molar refractivity (Wildman–Crippen MR) is 114 cm³/mol. The molecule has 1 aromatic carbocycles. The van der Waals surface area contributed by atoms with E-state index >= 15 is 0 Å². The van der Waals surface area contributed by atoms with Crippen LogP contribution in [0.4, 0.5) is 0 Å². The molecule has 2 N–H and O–H groups in total. The second-order valence-corrected chi connectivity index (χ2v) is 9.37. The lowest BCUT2D eigenvalue weighted by atomic mass is 10.0. The lowest BCUT2D eigenvalue weighted by molar-refractivity contribution is 0.0600. The van der Waals surface area contributed by atoms with Crippen molar-refractivity contribution in [1.82, 2.24) is 4.98 Å². The molecule has 0 aliphatic heterocycles. The third kappa shape index (κ3) is 5.94. The molecule has 0 radical (unpaired) electrons. The van der Waals surface area contributed by atoms with Crippen LogP contribution in [0.1, 0.15) is 54.9 Å². The van der Waals surface area contributed by atoms with Crippen LogP contribution in [0.15, 0.2) is 40.9 Å². The minimum Gasteiger partial charge on any atom is -0.591 e. The third-order valence-corrected chi connectivity index (χ3v) is 5.60. The van der Waals surface area contributed by atoms with Crippen LogP contribution in [-0.2, 0) is 16.1 Å². The van der Waals surface area contributed by atoms with Gasteiger partial charge in [-0.15, -0.1) is 0 Å². The summed E-state index contributed by atoms with van der Waals surface area (Å²) in [6, 6.07) is 7.64. The lowest BCUT2D eigenvalue weighted by Crippen LogP contribution is -2.27. The summed E-state index contributed by atoms with van der Waals surface area (Å²) in [6.45, 7) is 5.34. The number of carbonyl (C=O) groups is 1. The first-order valence-electron chi connectivity index (χ1n) is 9.16. The molecule has 9 heteroatoms. The molecule has 162 valence electrons. The molecule has 30 heavy (non-hydrogen) atoms. The van der Waals surface area contributed by atoms with Gasteiger partial charge >= 0.3 is 5.97 Å². The Morgan fingerprint density at radius 3 is 2.47 bits per heavy atom. The molecule has 8 nitrogen and oxygen atoms in total. The Balaban J connectivity index is 2.37. The summed E-state index contributed by atoms with van der Waals surface area (Å²) in [6.07, 6.45) is 0.153. The van der Waals surface area contributed by atoms with Crippen LogP contribution in [0.5, 0.6) is 11.5 Å². The Morgan fingerprint density at radius 1 is 1.27 bits per heavy atom. The molecule has 0 bridgehead atoms. The maximum Gasteiger partial charge on any atom is 0.339 e. The number of aliphatic hydroxyl groups is 1. The molecular weight excluding hydrogens is 408 g/mol. The summed E-state index contributed by atoms with van der Waals surface area (Å²) >= 11 is -1.61. The van der Waals surface area contributed by atoms with Gasteiger partial charge < -0.3 is 24.2 Å². The molecule has 0 saturated carbocycles. The van der Waals surface area contributed by atoms with Crippen molar-refractivity contribution >= 4 is 23.0 Å². The van der Waals surface area contributed by atoms with Crippen LogP contribution in [0.25, 0.3) is 0 Å². The number of methoxy groups -OCH3 is 2. The summed E-state index contributed by atoms with van der Waals surface area (Å²) in [5.74, 6) is -0.192. The summed E-state index contributed by atoms with van der Waals surface area (Å²) in [5.41, 5.74) is 1.14. The minimum absolute atomic E-state index is 0.0493. The van der Waals surface area contributed by atoms with Crippen molar-refractivity contribution < 1.29 is 29.0 Å². The smallest absolute Gasteiger partial charge is 0.339 e. The van der Waals surface area contributed by atoms with Gasteiger partial charge in [-0.1, -0.05) is 4.40 Å². The zero-order valence-electron chi connectivity index (χ0n) is 17.6. The van der Waals surface area contributed by atoms with Gasteiger partial charge in [0.15, 0.2) is 0 Å². The topological polar surface area (TPSA) is 124 Å². The first-order valence-corrected chi connectivity index (χ1v) is 10.3. The number of benzene rings is 1. The first-order chi connectivity index (χ1) is 14.1. The van der Waals surface area contributed by atoms with Crippen LogP contribution in [0.3, 0.4) is 0 Å². The molecule has 0 amide bonds. The summed E-state index contributed by atoms with van der Waals surface area (Å²) in [7, 11) is 2.75. The van der Waals surface area contributed by atoms with E-state index in [2.05, 4.69) is 14.1 Å². The maximum atomic E-state index is 12.6.